The van der Waals surface area contributed by atoms with Crippen molar-refractivity contribution in [2.45, 2.75) is 94.1 Å². The summed E-state index contributed by atoms with van der Waals surface area (Å²) >= 11 is 11.9. The highest BCUT2D eigenvalue weighted by molar-refractivity contribution is 9.10. The van der Waals surface area contributed by atoms with E-state index in [-0.39, 0.29) is 44.1 Å². The van der Waals surface area contributed by atoms with Crippen LogP contribution in [0.15, 0.2) is 24.3 Å². The topological polar surface area (TPSA) is 269 Å². The van der Waals surface area contributed by atoms with E-state index < -0.39 is 83.4 Å². The van der Waals surface area contributed by atoms with Crippen molar-refractivity contribution in [1.29, 1.82) is 0 Å². The smallest absolute Gasteiger partial charge is 0.369 e. The number of aliphatic hydroxyl groups excluding tert-OH is 1. The van der Waals surface area contributed by atoms with Gasteiger partial charge in [-0.25, -0.2) is 9.18 Å². The van der Waals surface area contributed by atoms with Gasteiger partial charge in [-0.3, -0.25) is 28.8 Å². The number of alkyl halides is 6. The van der Waals surface area contributed by atoms with Gasteiger partial charge in [-0.15, -0.1) is 0 Å². The molecule has 0 aliphatic heterocycles. The molecular formula is C32H44BrCl2F3O16. The third kappa shape index (κ3) is 25.2. The number of hydrogen-bond donors (Lipinski definition) is 6. The number of halogens is 6. The van der Waals surface area contributed by atoms with Gasteiger partial charge in [-0.05, 0) is 62.4 Å². The van der Waals surface area contributed by atoms with Gasteiger partial charge in [0.05, 0.1) is 19.8 Å². The lowest BCUT2D eigenvalue weighted by Crippen LogP contribution is -2.43. The average molecular weight is 892 g/mol. The molecule has 310 valence electrons. The Hall–Kier alpha value is -3.88. The molecule has 16 nitrogen and oxygen atoms in total. The number of hydrogen-bond acceptors (Lipinski definition) is 11. The Morgan fingerprint density at radius 3 is 1.41 bits per heavy atom. The van der Waals surface area contributed by atoms with Gasteiger partial charge in [0.15, 0.2) is 12.0 Å². The molecule has 1 aromatic rings. The maximum Gasteiger partial charge on any atom is 0.369 e. The highest BCUT2D eigenvalue weighted by Crippen LogP contribution is 2.42. The third-order valence-electron chi connectivity index (χ3n) is 6.21. The number of ether oxygens (including phenoxy) is 3. The highest BCUT2D eigenvalue weighted by atomic mass is 79.9. The summed E-state index contributed by atoms with van der Waals surface area (Å²) in [6.45, 7) is 4.61. The zero-order valence-electron chi connectivity index (χ0n) is 29.4. The number of carbonyl (C=O) groups is 7. The normalized spacial score (nSPS) is 12.3. The lowest BCUT2D eigenvalue weighted by atomic mass is 9.78. The zero-order valence-corrected chi connectivity index (χ0v) is 32.5. The Kier molecular flexibility index (Phi) is 28.8. The van der Waals surface area contributed by atoms with Gasteiger partial charge in [0.1, 0.15) is 10.6 Å². The predicted molar refractivity (Wildman–Crippen MR) is 188 cm³/mol. The summed E-state index contributed by atoms with van der Waals surface area (Å²) in [6.07, 6.45) is -1.92. The Balaban J connectivity index is -0.000000682. The van der Waals surface area contributed by atoms with Crippen molar-refractivity contribution in [2.75, 3.05) is 19.8 Å². The highest BCUT2D eigenvalue weighted by Gasteiger charge is 2.52. The van der Waals surface area contributed by atoms with Crippen molar-refractivity contribution in [2.24, 2.45) is 5.41 Å². The third-order valence-corrected chi connectivity index (χ3v) is 7.88. The Bertz CT molecular complexity index is 1290. The van der Waals surface area contributed by atoms with E-state index in [4.69, 9.17) is 44.8 Å². The van der Waals surface area contributed by atoms with Crippen LogP contribution in [-0.2, 0) is 49.6 Å². The van der Waals surface area contributed by atoms with E-state index in [9.17, 15) is 46.7 Å². The summed E-state index contributed by atoms with van der Waals surface area (Å²) < 4.78 is 51.1. The maximum absolute atomic E-state index is 12.6. The number of aliphatic hydroxyl groups is 1. The molecule has 54 heavy (non-hydrogen) atoms. The first-order valence-corrected chi connectivity index (χ1v) is 17.4. The molecule has 0 aliphatic rings. The molecule has 22 heteroatoms. The molecule has 0 spiro atoms. The Morgan fingerprint density at radius 2 is 1.13 bits per heavy atom. The molecule has 1 rings (SSSR count). The summed E-state index contributed by atoms with van der Waals surface area (Å²) in [7, 11) is 0. The molecule has 0 heterocycles. The lowest BCUT2D eigenvalue weighted by molar-refractivity contribution is -0.174. The van der Waals surface area contributed by atoms with Crippen LogP contribution in [-0.4, -0.2) is 108 Å². The molecule has 0 radical (unpaired) electrons. The van der Waals surface area contributed by atoms with Gasteiger partial charge in [-0.2, -0.15) is 8.78 Å². The fraction of sp³-hybridized carbons (Fsp3) is 0.594. The lowest BCUT2D eigenvalue weighted by Gasteiger charge is -2.28. The molecule has 0 saturated carbocycles. The van der Waals surface area contributed by atoms with Crippen LogP contribution >= 0.6 is 39.1 Å². The molecule has 0 amide bonds. The van der Waals surface area contributed by atoms with Crippen LogP contribution in [0.2, 0.25) is 0 Å². The molecule has 1 unspecified atom stereocenters. The molecule has 2 atom stereocenters. The fourth-order valence-electron chi connectivity index (χ4n) is 3.41. The largest absolute Gasteiger partial charge is 0.482 e. The quantitative estimate of drug-likeness (QED) is 0.0491. The van der Waals surface area contributed by atoms with Crippen LogP contribution in [0, 0.1) is 5.41 Å². The van der Waals surface area contributed by atoms with Gasteiger partial charge < -0.3 is 44.8 Å². The molecular weight excluding hydrogens is 848 g/mol. The van der Waals surface area contributed by atoms with Crippen LogP contribution in [0.25, 0.3) is 0 Å². The van der Waals surface area contributed by atoms with Crippen molar-refractivity contribution in [3.05, 3.63) is 29.8 Å². The van der Waals surface area contributed by atoms with E-state index in [0.717, 1.165) is 12.0 Å². The summed E-state index contributed by atoms with van der Waals surface area (Å²) in [5, 5.41) is 43.1. The first-order chi connectivity index (χ1) is 24.9. The molecule has 0 bridgehead atoms. The molecule has 0 aromatic heterocycles. The fourth-order valence-corrected chi connectivity index (χ4v) is 4.06. The molecule has 6 N–H and O–H groups in total. The number of benzene rings is 1. The van der Waals surface area contributed by atoms with E-state index in [1.807, 2.05) is 6.92 Å². The van der Waals surface area contributed by atoms with Gasteiger partial charge in [0, 0.05) is 25.7 Å². The standard InChI is InChI=1S/C13H20O8.C9H10O4.C5H9BrO2.C5H5Cl2F3O2/c1-3-20-11(18)13(7-5-9(14)15,8-6-10(16)17)12(19)21-4-2;10-5-7-1-3-8(4-2-7)13-6-9(11)12;1-2-3-4(6)5(7)8;6-4(8,5(7,9)10)2-1-3(11)12/h3-8H2,1-2H3,(H,14,15)(H,16,17);1-4,10H,5-6H2,(H,11,12);4H,2-3H2,1H3,(H,7,8);1-2H2,(H,11,12)/t;;4-;/m..0./s1. The number of aliphatic carboxylic acids is 5. The van der Waals surface area contributed by atoms with Crippen molar-refractivity contribution >= 4 is 80.9 Å². The predicted octanol–water partition coefficient (Wildman–Crippen LogP) is 5.69. The van der Waals surface area contributed by atoms with Crippen LogP contribution in [0.5, 0.6) is 5.75 Å². The Labute approximate surface area is 326 Å². The van der Waals surface area contributed by atoms with Crippen molar-refractivity contribution in [3.63, 3.8) is 0 Å². The number of esters is 2. The van der Waals surface area contributed by atoms with Gasteiger partial charge in [0.25, 0.3) is 5.13 Å². The van der Waals surface area contributed by atoms with E-state index in [1.54, 1.807) is 24.3 Å². The van der Waals surface area contributed by atoms with Crippen molar-refractivity contribution in [3.8, 4) is 5.75 Å². The summed E-state index contributed by atoms with van der Waals surface area (Å²) in [6, 6.07) is 6.59. The number of carbonyl (C=O) groups excluding carboxylic acids is 2. The second kappa shape index (κ2) is 28.5. The number of carboxylic acid groups (broad SMARTS) is 5. The van der Waals surface area contributed by atoms with E-state index in [1.165, 1.54) is 13.8 Å². The first kappa shape index (κ1) is 54.5. The summed E-state index contributed by atoms with van der Waals surface area (Å²) in [5.74, 6) is -7.03. The average Bonchev–Trinajstić information content (AvgIpc) is 3.07. The monoisotopic (exact) mass is 890 g/mol. The van der Waals surface area contributed by atoms with Gasteiger partial charge >= 0.3 is 47.2 Å². The first-order valence-electron chi connectivity index (χ1n) is 15.7. The minimum Gasteiger partial charge on any atom is -0.482 e. The van der Waals surface area contributed by atoms with E-state index >= 15 is 0 Å². The van der Waals surface area contributed by atoms with Crippen molar-refractivity contribution < 1.29 is 91.6 Å². The zero-order chi connectivity index (χ0) is 42.7. The maximum atomic E-state index is 12.6. The molecule has 0 fully saturated rings. The van der Waals surface area contributed by atoms with Crippen LogP contribution in [0.3, 0.4) is 0 Å². The number of carboxylic acids is 5. The van der Waals surface area contributed by atoms with Gasteiger partial charge in [0.2, 0.25) is 0 Å². The second-order valence-electron chi connectivity index (χ2n) is 10.5. The second-order valence-corrected chi connectivity index (χ2v) is 12.7. The minimum absolute atomic E-state index is 0.0138. The van der Waals surface area contributed by atoms with E-state index in [0.29, 0.717) is 12.2 Å². The Morgan fingerprint density at radius 1 is 0.722 bits per heavy atom. The SMILES string of the molecule is CCC[C@H](Br)C(=O)O.CCOC(=O)C(CCC(=O)O)(CCC(=O)O)C(=O)OCC.O=C(O)CCC(F)(Cl)C(F)(F)Cl.O=C(O)COc1ccc(CO)cc1. The minimum atomic E-state index is -4.26. The van der Waals surface area contributed by atoms with Crippen molar-refractivity contribution in [1.82, 2.24) is 0 Å². The molecule has 0 saturated heterocycles. The van der Waals surface area contributed by atoms with Crippen LogP contribution in [0.4, 0.5) is 13.2 Å². The van der Waals surface area contributed by atoms with Crippen LogP contribution in [0.1, 0.15) is 77.7 Å². The summed E-state index contributed by atoms with van der Waals surface area (Å²) in [4.78, 5) is 75.3. The van der Waals surface area contributed by atoms with Crippen LogP contribution < -0.4 is 4.74 Å². The molecule has 0 aliphatic carbocycles. The molecule has 1 aromatic carbocycles. The number of rotatable bonds is 21. The summed E-state index contributed by atoms with van der Waals surface area (Å²) in [5.41, 5.74) is -1.13. The van der Waals surface area contributed by atoms with E-state index in [2.05, 4.69) is 39.1 Å². The van der Waals surface area contributed by atoms with Gasteiger partial charge in [-0.1, -0.05) is 53.0 Å².